The van der Waals surface area contributed by atoms with Crippen LogP contribution in [0.4, 0.5) is 4.39 Å². The minimum Gasteiger partial charge on any atom is -0.481 e. The number of nitrogens with one attached hydrogen (secondary N) is 1. The van der Waals surface area contributed by atoms with Gasteiger partial charge in [-0.1, -0.05) is 6.07 Å². The minimum atomic E-state index is -0.639. The third-order valence-electron chi connectivity index (χ3n) is 2.26. The molecule has 0 heterocycles. The van der Waals surface area contributed by atoms with Crippen molar-refractivity contribution in [2.45, 2.75) is 39.8 Å². The number of amides is 1. The van der Waals surface area contributed by atoms with Gasteiger partial charge in [-0.2, -0.15) is 0 Å². The molecule has 0 bridgehead atoms. The zero-order valence-corrected chi connectivity index (χ0v) is 10.6. The molecule has 17 heavy (non-hydrogen) atoms. The van der Waals surface area contributed by atoms with Crippen LogP contribution in [0.1, 0.15) is 26.3 Å². The molecule has 0 aliphatic heterocycles. The predicted octanol–water partition coefficient (Wildman–Crippen LogP) is 2.43. The second-order valence-corrected chi connectivity index (χ2v) is 4.33. The highest BCUT2D eigenvalue weighted by atomic mass is 19.1. The van der Waals surface area contributed by atoms with Crippen LogP contribution in [0.5, 0.6) is 5.75 Å². The topological polar surface area (TPSA) is 38.3 Å². The van der Waals surface area contributed by atoms with Crippen LogP contribution in [0.15, 0.2) is 18.2 Å². The third-order valence-corrected chi connectivity index (χ3v) is 2.26. The second-order valence-electron chi connectivity index (χ2n) is 4.33. The molecule has 0 radical (unpaired) electrons. The fraction of sp³-hybridized carbons (Fsp3) is 0.462. The summed E-state index contributed by atoms with van der Waals surface area (Å²) in [4.78, 5) is 11.6. The van der Waals surface area contributed by atoms with Crippen LogP contribution in [-0.2, 0) is 4.79 Å². The summed E-state index contributed by atoms with van der Waals surface area (Å²) in [5.41, 5.74) is 0.552. The number of benzene rings is 1. The molecule has 0 saturated heterocycles. The molecule has 1 unspecified atom stereocenters. The van der Waals surface area contributed by atoms with Crippen molar-refractivity contribution in [3.05, 3.63) is 29.6 Å². The molecule has 0 aliphatic carbocycles. The van der Waals surface area contributed by atoms with E-state index in [1.165, 1.54) is 6.07 Å². The van der Waals surface area contributed by atoms with Crippen molar-refractivity contribution in [2.24, 2.45) is 0 Å². The first kappa shape index (κ1) is 13.5. The Morgan fingerprint density at radius 2 is 2.00 bits per heavy atom. The summed E-state index contributed by atoms with van der Waals surface area (Å²) in [5, 5.41) is 2.73. The highest BCUT2D eigenvalue weighted by Gasteiger charge is 2.15. The lowest BCUT2D eigenvalue weighted by Gasteiger charge is -2.16. The lowest BCUT2D eigenvalue weighted by atomic mass is 10.2. The van der Waals surface area contributed by atoms with Crippen LogP contribution in [-0.4, -0.2) is 18.1 Å². The molecule has 4 heteroatoms. The number of ether oxygens (including phenoxy) is 1. The van der Waals surface area contributed by atoms with Crippen molar-refractivity contribution in [1.82, 2.24) is 5.32 Å². The van der Waals surface area contributed by atoms with Gasteiger partial charge in [-0.25, -0.2) is 4.39 Å². The first-order valence-electron chi connectivity index (χ1n) is 5.63. The molecule has 0 aromatic heterocycles. The van der Waals surface area contributed by atoms with E-state index in [-0.39, 0.29) is 17.8 Å². The number of carbonyl (C=O) groups is 1. The Morgan fingerprint density at radius 1 is 1.35 bits per heavy atom. The number of rotatable bonds is 4. The third kappa shape index (κ3) is 4.06. The summed E-state index contributed by atoms with van der Waals surface area (Å²) in [6, 6.07) is 4.62. The highest BCUT2D eigenvalue weighted by Crippen LogP contribution is 2.17. The Morgan fingerprint density at radius 3 is 2.53 bits per heavy atom. The molecule has 0 fully saturated rings. The van der Waals surface area contributed by atoms with Gasteiger partial charge in [0, 0.05) is 12.1 Å². The van der Waals surface area contributed by atoms with Crippen LogP contribution in [0.25, 0.3) is 0 Å². The fourth-order valence-corrected chi connectivity index (χ4v) is 1.31. The molecule has 3 nitrogen and oxygen atoms in total. The van der Waals surface area contributed by atoms with Crippen molar-refractivity contribution in [1.29, 1.82) is 0 Å². The van der Waals surface area contributed by atoms with Crippen LogP contribution in [0.3, 0.4) is 0 Å². The Bertz CT molecular complexity index is 404. The minimum absolute atomic E-state index is 0.0586. The van der Waals surface area contributed by atoms with Crippen LogP contribution in [0.2, 0.25) is 0 Å². The molecule has 0 spiro atoms. The molecule has 1 aromatic carbocycles. The van der Waals surface area contributed by atoms with Gasteiger partial charge in [0.15, 0.2) is 6.10 Å². The van der Waals surface area contributed by atoms with E-state index >= 15 is 0 Å². The van der Waals surface area contributed by atoms with Gasteiger partial charge in [0.1, 0.15) is 11.6 Å². The van der Waals surface area contributed by atoms with Gasteiger partial charge in [-0.3, -0.25) is 4.79 Å². The average Bonchev–Trinajstić information content (AvgIpc) is 2.22. The molecular weight excluding hydrogens is 221 g/mol. The molecular formula is C13H18FNO2. The van der Waals surface area contributed by atoms with Crippen LogP contribution in [0, 0.1) is 12.7 Å². The average molecular weight is 239 g/mol. The van der Waals surface area contributed by atoms with E-state index in [0.717, 1.165) is 0 Å². The predicted molar refractivity (Wildman–Crippen MR) is 64.5 cm³/mol. The molecule has 94 valence electrons. The molecule has 0 saturated carbocycles. The van der Waals surface area contributed by atoms with Gasteiger partial charge in [0.05, 0.1) is 0 Å². The maximum Gasteiger partial charge on any atom is 0.260 e. The second kappa shape index (κ2) is 5.66. The maximum absolute atomic E-state index is 13.3. The zero-order valence-electron chi connectivity index (χ0n) is 10.6. The SMILES string of the molecule is Cc1ccc(OC(C)C(=O)NC(C)C)cc1F. The smallest absolute Gasteiger partial charge is 0.260 e. The largest absolute Gasteiger partial charge is 0.481 e. The number of halogens is 1. The van der Waals surface area contributed by atoms with Gasteiger partial charge < -0.3 is 10.1 Å². The summed E-state index contributed by atoms with van der Waals surface area (Å²) >= 11 is 0. The van der Waals surface area contributed by atoms with E-state index in [2.05, 4.69) is 5.32 Å². The van der Waals surface area contributed by atoms with Gasteiger partial charge in [-0.15, -0.1) is 0 Å². The standard InChI is InChI=1S/C13H18FNO2/c1-8(2)15-13(16)10(4)17-11-6-5-9(3)12(14)7-11/h5-8,10H,1-4H3,(H,15,16). The Hall–Kier alpha value is -1.58. The van der Waals surface area contributed by atoms with Gasteiger partial charge >= 0.3 is 0 Å². The zero-order chi connectivity index (χ0) is 13.0. The van der Waals surface area contributed by atoms with Crippen LogP contribution < -0.4 is 10.1 Å². The number of aryl methyl sites for hydroxylation is 1. The monoisotopic (exact) mass is 239 g/mol. The first-order chi connectivity index (χ1) is 7.90. The van der Waals surface area contributed by atoms with Crippen molar-refractivity contribution in [3.63, 3.8) is 0 Å². The van der Waals surface area contributed by atoms with E-state index < -0.39 is 6.10 Å². The number of hydrogen-bond acceptors (Lipinski definition) is 2. The lowest BCUT2D eigenvalue weighted by Crippen LogP contribution is -2.40. The quantitative estimate of drug-likeness (QED) is 0.876. The molecule has 1 atom stereocenters. The van der Waals surface area contributed by atoms with Crippen molar-refractivity contribution >= 4 is 5.91 Å². The molecule has 1 N–H and O–H groups in total. The summed E-state index contributed by atoms with van der Waals surface area (Å²) in [6.45, 7) is 7.05. The summed E-state index contributed by atoms with van der Waals surface area (Å²) in [7, 11) is 0. The van der Waals surface area contributed by atoms with E-state index in [1.54, 1.807) is 26.0 Å². The van der Waals surface area contributed by atoms with Gasteiger partial charge in [0.2, 0.25) is 0 Å². The van der Waals surface area contributed by atoms with Gasteiger partial charge in [0.25, 0.3) is 5.91 Å². The normalized spacial score (nSPS) is 12.4. The highest BCUT2D eigenvalue weighted by molar-refractivity contribution is 5.80. The summed E-state index contributed by atoms with van der Waals surface area (Å²) in [5.74, 6) is -0.181. The van der Waals surface area contributed by atoms with Crippen LogP contribution >= 0.6 is 0 Å². The number of carbonyl (C=O) groups excluding carboxylic acids is 1. The Balaban J connectivity index is 2.64. The first-order valence-corrected chi connectivity index (χ1v) is 5.63. The summed E-state index contributed by atoms with van der Waals surface area (Å²) in [6.07, 6.45) is -0.639. The van der Waals surface area contributed by atoms with Crippen molar-refractivity contribution < 1.29 is 13.9 Å². The number of hydrogen-bond donors (Lipinski definition) is 1. The van der Waals surface area contributed by atoms with Gasteiger partial charge in [-0.05, 0) is 39.3 Å². The lowest BCUT2D eigenvalue weighted by molar-refractivity contribution is -0.127. The molecule has 0 aliphatic rings. The van der Waals surface area contributed by atoms with E-state index in [9.17, 15) is 9.18 Å². The molecule has 1 aromatic rings. The fourth-order valence-electron chi connectivity index (χ4n) is 1.31. The summed E-state index contributed by atoms with van der Waals surface area (Å²) < 4.78 is 18.6. The molecule has 1 amide bonds. The van der Waals surface area contributed by atoms with E-state index in [4.69, 9.17) is 4.74 Å². The molecule has 1 rings (SSSR count). The maximum atomic E-state index is 13.3. The van der Waals surface area contributed by atoms with E-state index in [1.807, 2.05) is 13.8 Å². The van der Waals surface area contributed by atoms with Crippen molar-refractivity contribution in [3.8, 4) is 5.75 Å². The van der Waals surface area contributed by atoms with E-state index in [0.29, 0.717) is 11.3 Å². The Labute approximate surface area is 101 Å². The van der Waals surface area contributed by atoms with Crippen molar-refractivity contribution in [2.75, 3.05) is 0 Å². The Kier molecular flexibility index (Phi) is 4.49.